The van der Waals surface area contributed by atoms with Crippen molar-refractivity contribution in [2.24, 2.45) is 0 Å². The molecule has 2 aromatic carbocycles. The van der Waals surface area contributed by atoms with Gasteiger partial charge in [-0.05, 0) is 36.8 Å². The second kappa shape index (κ2) is 6.00. The van der Waals surface area contributed by atoms with Gasteiger partial charge in [-0.2, -0.15) is 0 Å². The van der Waals surface area contributed by atoms with Crippen LogP contribution in [0.15, 0.2) is 36.4 Å². The fourth-order valence-corrected chi connectivity index (χ4v) is 2.52. The van der Waals surface area contributed by atoms with E-state index >= 15 is 0 Å². The van der Waals surface area contributed by atoms with Crippen LogP contribution in [0.5, 0.6) is 0 Å². The summed E-state index contributed by atoms with van der Waals surface area (Å²) < 4.78 is 13.1. The van der Waals surface area contributed by atoms with Gasteiger partial charge in [-0.15, -0.1) is 0 Å². The van der Waals surface area contributed by atoms with Crippen LogP contribution in [0.25, 0.3) is 0 Å². The molecule has 19 heavy (non-hydrogen) atoms. The predicted octanol–water partition coefficient (Wildman–Crippen LogP) is 5.96. The number of hydrogen-bond donors (Lipinski definition) is 1. The topological polar surface area (TPSA) is 12.0 Å². The summed E-state index contributed by atoms with van der Waals surface area (Å²) >= 11 is 17.9. The molecule has 0 bridgehead atoms. The standard InChI is InChI=1S/C14H11Cl3FN/c1-8(9-3-2-4-10(15)5-9)19-14-12(16)6-11(18)7-13(14)17/h2-8,19H,1H3. The van der Waals surface area contributed by atoms with Gasteiger partial charge in [-0.3, -0.25) is 0 Å². The summed E-state index contributed by atoms with van der Waals surface area (Å²) in [5.74, 6) is -0.462. The number of benzene rings is 2. The van der Waals surface area contributed by atoms with E-state index in [1.165, 1.54) is 12.1 Å². The Bertz CT molecular complexity index is 578. The second-order valence-electron chi connectivity index (χ2n) is 4.17. The lowest BCUT2D eigenvalue weighted by Gasteiger charge is -2.18. The Morgan fingerprint density at radius 2 is 1.68 bits per heavy atom. The van der Waals surface area contributed by atoms with E-state index in [4.69, 9.17) is 34.8 Å². The Balaban J connectivity index is 2.26. The SMILES string of the molecule is CC(Nc1c(Cl)cc(F)cc1Cl)c1cccc(Cl)c1. The molecule has 5 heteroatoms. The maximum Gasteiger partial charge on any atom is 0.126 e. The molecule has 0 aliphatic carbocycles. The van der Waals surface area contributed by atoms with E-state index in [0.29, 0.717) is 10.7 Å². The van der Waals surface area contributed by atoms with Crippen LogP contribution in [0, 0.1) is 5.82 Å². The smallest absolute Gasteiger partial charge is 0.126 e. The van der Waals surface area contributed by atoms with Crippen LogP contribution in [-0.4, -0.2) is 0 Å². The molecule has 0 radical (unpaired) electrons. The molecule has 2 rings (SSSR count). The first kappa shape index (κ1) is 14.4. The van der Waals surface area contributed by atoms with Crippen molar-refractivity contribution < 1.29 is 4.39 Å². The van der Waals surface area contributed by atoms with Crippen molar-refractivity contribution in [3.8, 4) is 0 Å². The maximum absolute atomic E-state index is 13.1. The van der Waals surface area contributed by atoms with E-state index in [9.17, 15) is 4.39 Å². The Hall–Kier alpha value is -0.960. The van der Waals surface area contributed by atoms with Crippen LogP contribution in [0.1, 0.15) is 18.5 Å². The zero-order valence-corrected chi connectivity index (χ0v) is 12.3. The fourth-order valence-electron chi connectivity index (χ4n) is 1.76. The number of halogens is 4. The first-order valence-electron chi connectivity index (χ1n) is 5.64. The van der Waals surface area contributed by atoms with Gasteiger partial charge < -0.3 is 5.32 Å². The van der Waals surface area contributed by atoms with Gasteiger partial charge in [0.1, 0.15) is 5.82 Å². The third-order valence-corrected chi connectivity index (χ3v) is 3.55. The first-order chi connectivity index (χ1) is 8.97. The van der Waals surface area contributed by atoms with Crippen molar-refractivity contribution in [1.82, 2.24) is 0 Å². The molecule has 0 heterocycles. The third kappa shape index (κ3) is 3.53. The molecule has 0 amide bonds. The number of nitrogens with one attached hydrogen (secondary N) is 1. The van der Waals surface area contributed by atoms with Gasteiger partial charge in [0, 0.05) is 11.1 Å². The molecular weight excluding hydrogens is 308 g/mol. The van der Waals surface area contributed by atoms with Crippen LogP contribution in [0.3, 0.4) is 0 Å². The van der Waals surface area contributed by atoms with Gasteiger partial charge in [-0.25, -0.2) is 4.39 Å². The Morgan fingerprint density at radius 3 is 2.26 bits per heavy atom. The second-order valence-corrected chi connectivity index (χ2v) is 5.42. The molecule has 1 N–H and O–H groups in total. The van der Waals surface area contributed by atoms with E-state index < -0.39 is 5.82 Å². The third-order valence-electron chi connectivity index (χ3n) is 2.72. The summed E-state index contributed by atoms with van der Waals surface area (Å²) in [5, 5.41) is 4.31. The summed E-state index contributed by atoms with van der Waals surface area (Å²) in [6.07, 6.45) is 0. The molecule has 100 valence electrons. The highest BCUT2D eigenvalue weighted by molar-refractivity contribution is 6.39. The molecule has 0 spiro atoms. The van der Waals surface area contributed by atoms with E-state index in [1.54, 1.807) is 6.07 Å². The van der Waals surface area contributed by atoms with Crippen molar-refractivity contribution in [1.29, 1.82) is 0 Å². The summed E-state index contributed by atoms with van der Waals surface area (Å²) in [7, 11) is 0. The fraction of sp³-hybridized carbons (Fsp3) is 0.143. The van der Waals surface area contributed by atoms with Crippen molar-refractivity contribution in [3.05, 3.63) is 62.8 Å². The van der Waals surface area contributed by atoms with Crippen molar-refractivity contribution in [2.45, 2.75) is 13.0 Å². The van der Waals surface area contributed by atoms with Crippen molar-refractivity contribution in [2.75, 3.05) is 5.32 Å². The minimum absolute atomic E-state index is 0.0563. The normalized spacial score (nSPS) is 12.3. The zero-order valence-electron chi connectivity index (χ0n) is 10.1. The highest BCUT2D eigenvalue weighted by Crippen LogP contribution is 2.34. The summed E-state index contributed by atoms with van der Waals surface area (Å²) in [6.45, 7) is 1.95. The Morgan fingerprint density at radius 1 is 1.05 bits per heavy atom. The van der Waals surface area contributed by atoms with Crippen molar-refractivity contribution in [3.63, 3.8) is 0 Å². The highest BCUT2D eigenvalue weighted by atomic mass is 35.5. The molecule has 1 atom stereocenters. The number of rotatable bonds is 3. The molecule has 0 aliphatic heterocycles. The molecule has 1 nitrogen and oxygen atoms in total. The summed E-state index contributed by atoms with van der Waals surface area (Å²) in [4.78, 5) is 0. The van der Waals surface area contributed by atoms with Gasteiger partial charge in [-0.1, -0.05) is 46.9 Å². The molecular formula is C14H11Cl3FN. The molecule has 0 aromatic heterocycles. The summed E-state index contributed by atoms with van der Waals surface area (Å²) in [5.41, 5.74) is 1.50. The lowest BCUT2D eigenvalue weighted by atomic mass is 10.1. The molecule has 0 aliphatic rings. The van der Waals surface area contributed by atoms with Crippen LogP contribution >= 0.6 is 34.8 Å². The maximum atomic E-state index is 13.1. The Labute approximate surface area is 126 Å². The van der Waals surface area contributed by atoms with Gasteiger partial charge in [0.05, 0.1) is 15.7 Å². The monoisotopic (exact) mass is 317 g/mol. The van der Waals surface area contributed by atoms with Crippen LogP contribution in [0.2, 0.25) is 15.1 Å². The molecule has 0 fully saturated rings. The van der Waals surface area contributed by atoms with E-state index in [-0.39, 0.29) is 16.1 Å². The largest absolute Gasteiger partial charge is 0.376 e. The highest BCUT2D eigenvalue weighted by Gasteiger charge is 2.12. The minimum atomic E-state index is -0.462. The predicted molar refractivity (Wildman–Crippen MR) is 79.9 cm³/mol. The van der Waals surface area contributed by atoms with Gasteiger partial charge in [0.25, 0.3) is 0 Å². The first-order valence-corrected chi connectivity index (χ1v) is 6.77. The molecule has 0 saturated carbocycles. The van der Waals surface area contributed by atoms with E-state index in [1.807, 2.05) is 25.1 Å². The zero-order chi connectivity index (χ0) is 14.0. The number of hydrogen-bond acceptors (Lipinski definition) is 1. The van der Waals surface area contributed by atoms with Crippen LogP contribution in [0.4, 0.5) is 10.1 Å². The van der Waals surface area contributed by atoms with Crippen LogP contribution in [-0.2, 0) is 0 Å². The molecule has 0 saturated heterocycles. The van der Waals surface area contributed by atoms with Gasteiger partial charge in [0.2, 0.25) is 0 Å². The molecule has 1 unspecified atom stereocenters. The van der Waals surface area contributed by atoms with Crippen molar-refractivity contribution >= 4 is 40.5 Å². The number of anilines is 1. The lowest BCUT2D eigenvalue weighted by Crippen LogP contribution is -2.07. The quantitative estimate of drug-likeness (QED) is 0.736. The average molecular weight is 319 g/mol. The molecule has 2 aromatic rings. The summed E-state index contributed by atoms with van der Waals surface area (Å²) in [6, 6.07) is 9.85. The van der Waals surface area contributed by atoms with E-state index in [0.717, 1.165) is 5.56 Å². The lowest BCUT2D eigenvalue weighted by molar-refractivity contribution is 0.628. The minimum Gasteiger partial charge on any atom is -0.376 e. The van der Waals surface area contributed by atoms with Crippen LogP contribution < -0.4 is 5.32 Å². The Kier molecular flexibility index (Phi) is 4.56. The van der Waals surface area contributed by atoms with Gasteiger partial charge >= 0.3 is 0 Å². The average Bonchev–Trinajstić information content (AvgIpc) is 2.33. The van der Waals surface area contributed by atoms with E-state index in [2.05, 4.69) is 5.32 Å². The van der Waals surface area contributed by atoms with Gasteiger partial charge in [0.15, 0.2) is 0 Å².